The molecule has 9 heteroatoms. The molecule has 6 nitrogen and oxygen atoms in total. The Kier molecular flexibility index (Phi) is 4.05. The molecular formula is C11H10ClFN4O2S. The minimum Gasteiger partial charge on any atom is -0.372 e. The second kappa shape index (κ2) is 5.59. The van der Waals surface area contributed by atoms with Crippen LogP contribution in [0.5, 0.6) is 0 Å². The summed E-state index contributed by atoms with van der Waals surface area (Å²) in [4.78, 5) is 7.37. The fraction of sp³-hybridized carbons (Fsp3) is 0.0909. The average Bonchev–Trinajstić information content (AvgIpc) is 2.41. The van der Waals surface area contributed by atoms with Gasteiger partial charge in [-0.15, -0.1) is 0 Å². The first-order valence-electron chi connectivity index (χ1n) is 5.40. The Morgan fingerprint density at radius 3 is 2.55 bits per heavy atom. The molecule has 2 rings (SSSR count). The summed E-state index contributed by atoms with van der Waals surface area (Å²) < 4.78 is 39.1. The van der Waals surface area contributed by atoms with Gasteiger partial charge in [0.2, 0.25) is 0 Å². The Labute approximate surface area is 120 Å². The number of anilines is 2. The van der Waals surface area contributed by atoms with Crippen molar-refractivity contribution in [1.29, 1.82) is 0 Å². The van der Waals surface area contributed by atoms with Gasteiger partial charge in [-0.25, -0.2) is 22.8 Å². The van der Waals surface area contributed by atoms with Gasteiger partial charge in [-0.1, -0.05) is 11.6 Å². The predicted octanol–water partition coefficient (Wildman–Crippen LogP) is 2.11. The Morgan fingerprint density at radius 2 is 2.00 bits per heavy atom. The van der Waals surface area contributed by atoms with Crippen molar-refractivity contribution in [3.05, 3.63) is 41.4 Å². The van der Waals surface area contributed by atoms with Crippen LogP contribution < -0.4 is 10.0 Å². The topological polar surface area (TPSA) is 84.0 Å². The molecule has 0 aliphatic heterocycles. The number of rotatable bonds is 4. The first kappa shape index (κ1) is 14.5. The molecule has 2 aromatic heterocycles. The number of aromatic nitrogens is 2. The van der Waals surface area contributed by atoms with Crippen LogP contribution in [0.2, 0.25) is 5.02 Å². The van der Waals surface area contributed by atoms with E-state index in [1.807, 2.05) is 0 Å². The first-order valence-corrected chi connectivity index (χ1v) is 7.26. The van der Waals surface area contributed by atoms with E-state index in [0.717, 1.165) is 18.5 Å². The number of hydrogen-bond acceptors (Lipinski definition) is 5. The van der Waals surface area contributed by atoms with E-state index in [1.54, 1.807) is 7.05 Å². The van der Waals surface area contributed by atoms with E-state index in [2.05, 4.69) is 20.0 Å². The summed E-state index contributed by atoms with van der Waals surface area (Å²) in [5.41, 5.74) is 0. The lowest BCUT2D eigenvalue weighted by molar-refractivity contribution is 0.600. The molecule has 106 valence electrons. The molecule has 2 aromatic rings. The van der Waals surface area contributed by atoms with Crippen LogP contribution in [0.4, 0.5) is 16.0 Å². The zero-order valence-electron chi connectivity index (χ0n) is 10.3. The van der Waals surface area contributed by atoms with Gasteiger partial charge in [0.15, 0.2) is 0 Å². The highest BCUT2D eigenvalue weighted by molar-refractivity contribution is 7.92. The van der Waals surface area contributed by atoms with Crippen LogP contribution in [0.15, 0.2) is 35.5 Å². The average molecular weight is 317 g/mol. The quantitative estimate of drug-likeness (QED) is 0.902. The molecule has 0 aliphatic rings. The van der Waals surface area contributed by atoms with Crippen molar-refractivity contribution in [1.82, 2.24) is 9.97 Å². The molecule has 2 heterocycles. The second-order valence-electron chi connectivity index (χ2n) is 3.72. The van der Waals surface area contributed by atoms with Crippen molar-refractivity contribution < 1.29 is 12.8 Å². The van der Waals surface area contributed by atoms with Crippen molar-refractivity contribution in [3.8, 4) is 0 Å². The minimum atomic E-state index is -3.88. The lowest BCUT2D eigenvalue weighted by atomic mass is 10.4. The predicted molar refractivity (Wildman–Crippen MR) is 73.8 cm³/mol. The van der Waals surface area contributed by atoms with Gasteiger partial charge in [0.1, 0.15) is 22.3 Å². The summed E-state index contributed by atoms with van der Waals surface area (Å²) in [5, 5.41) is 2.89. The molecule has 0 saturated heterocycles. The molecular weight excluding hydrogens is 307 g/mol. The van der Waals surface area contributed by atoms with E-state index in [9.17, 15) is 12.8 Å². The van der Waals surface area contributed by atoms with Crippen LogP contribution >= 0.6 is 11.6 Å². The molecule has 0 unspecified atom stereocenters. The van der Waals surface area contributed by atoms with Crippen molar-refractivity contribution in [2.45, 2.75) is 4.90 Å². The molecule has 0 amide bonds. The Balaban J connectivity index is 2.30. The zero-order valence-corrected chi connectivity index (χ0v) is 11.8. The largest absolute Gasteiger partial charge is 0.372 e. The van der Waals surface area contributed by atoms with E-state index in [-0.39, 0.29) is 15.7 Å². The van der Waals surface area contributed by atoms with Crippen LogP contribution in [0, 0.1) is 5.82 Å². The van der Waals surface area contributed by atoms with E-state index >= 15 is 0 Å². The van der Waals surface area contributed by atoms with Crippen molar-refractivity contribution in [2.75, 3.05) is 17.1 Å². The van der Waals surface area contributed by atoms with Crippen LogP contribution in [0.3, 0.4) is 0 Å². The number of nitrogens with one attached hydrogen (secondary N) is 2. The first-order chi connectivity index (χ1) is 9.42. The molecule has 2 N–H and O–H groups in total. The summed E-state index contributed by atoms with van der Waals surface area (Å²) in [6, 6.07) is 3.57. The number of sulfonamides is 1. The monoisotopic (exact) mass is 316 g/mol. The van der Waals surface area contributed by atoms with Gasteiger partial charge < -0.3 is 5.32 Å². The van der Waals surface area contributed by atoms with Gasteiger partial charge in [-0.05, 0) is 18.2 Å². The number of hydrogen-bond donors (Lipinski definition) is 2. The fourth-order valence-corrected chi connectivity index (χ4v) is 2.69. The summed E-state index contributed by atoms with van der Waals surface area (Å²) in [6.07, 6.45) is 2.07. The highest BCUT2D eigenvalue weighted by Gasteiger charge is 2.17. The van der Waals surface area contributed by atoms with Crippen LogP contribution in [0.1, 0.15) is 0 Å². The zero-order chi connectivity index (χ0) is 14.8. The highest BCUT2D eigenvalue weighted by Crippen LogP contribution is 2.23. The normalized spacial score (nSPS) is 11.2. The van der Waals surface area contributed by atoms with E-state index < -0.39 is 15.8 Å². The summed E-state index contributed by atoms with van der Waals surface area (Å²) in [6.45, 7) is 0. The van der Waals surface area contributed by atoms with Crippen molar-refractivity contribution >= 4 is 33.3 Å². The number of pyridine rings is 2. The standard InChI is InChI=1S/C11H10ClFN4O2S/c1-14-11-9(12)4-8(6-16-11)20(18,19)17-10-3-2-7(13)5-15-10/h2-6H,1H3,(H,14,16)(H,15,17). The Morgan fingerprint density at radius 1 is 1.25 bits per heavy atom. The third kappa shape index (κ3) is 3.14. The lowest BCUT2D eigenvalue weighted by Crippen LogP contribution is -2.14. The van der Waals surface area contributed by atoms with E-state index in [0.29, 0.717) is 5.82 Å². The molecule has 0 bridgehead atoms. The molecule has 20 heavy (non-hydrogen) atoms. The van der Waals surface area contributed by atoms with Crippen LogP contribution in [0.25, 0.3) is 0 Å². The third-order valence-electron chi connectivity index (χ3n) is 2.33. The number of nitrogens with zero attached hydrogens (tertiary/aromatic N) is 2. The maximum absolute atomic E-state index is 12.7. The summed E-state index contributed by atoms with van der Waals surface area (Å²) in [7, 11) is -2.27. The second-order valence-corrected chi connectivity index (χ2v) is 5.81. The van der Waals surface area contributed by atoms with E-state index in [1.165, 1.54) is 12.1 Å². The fourth-order valence-electron chi connectivity index (χ4n) is 1.38. The van der Waals surface area contributed by atoms with Crippen LogP contribution in [-0.2, 0) is 10.0 Å². The molecule has 0 spiro atoms. The number of halogens is 2. The Bertz CT molecular complexity index is 722. The maximum Gasteiger partial charge on any atom is 0.264 e. The molecule has 0 atom stereocenters. The van der Waals surface area contributed by atoms with E-state index in [4.69, 9.17) is 11.6 Å². The van der Waals surface area contributed by atoms with Gasteiger partial charge in [0.05, 0.1) is 11.2 Å². The summed E-state index contributed by atoms with van der Waals surface area (Å²) in [5.74, 6) is -0.193. The molecule has 0 radical (unpaired) electrons. The van der Waals surface area contributed by atoms with Crippen molar-refractivity contribution in [2.24, 2.45) is 0 Å². The van der Waals surface area contributed by atoms with Gasteiger partial charge in [0, 0.05) is 13.2 Å². The smallest absolute Gasteiger partial charge is 0.264 e. The molecule has 0 aromatic carbocycles. The SMILES string of the molecule is CNc1ncc(S(=O)(=O)Nc2ccc(F)cn2)cc1Cl. The Hall–Kier alpha value is -1.93. The molecule has 0 fully saturated rings. The van der Waals surface area contributed by atoms with Gasteiger partial charge >= 0.3 is 0 Å². The minimum absolute atomic E-state index is 0.000200. The van der Waals surface area contributed by atoms with Crippen LogP contribution in [-0.4, -0.2) is 25.4 Å². The van der Waals surface area contributed by atoms with Gasteiger partial charge in [-0.2, -0.15) is 0 Å². The highest BCUT2D eigenvalue weighted by atomic mass is 35.5. The van der Waals surface area contributed by atoms with Crippen molar-refractivity contribution in [3.63, 3.8) is 0 Å². The van der Waals surface area contributed by atoms with Gasteiger partial charge in [0.25, 0.3) is 10.0 Å². The van der Waals surface area contributed by atoms with Gasteiger partial charge in [-0.3, -0.25) is 4.72 Å². The molecule has 0 saturated carbocycles. The maximum atomic E-state index is 12.7. The lowest BCUT2D eigenvalue weighted by Gasteiger charge is -2.08. The summed E-state index contributed by atoms with van der Waals surface area (Å²) >= 11 is 5.88. The third-order valence-corrected chi connectivity index (χ3v) is 3.94. The molecule has 0 aliphatic carbocycles.